The highest BCUT2D eigenvalue weighted by molar-refractivity contribution is 8.45. The third-order valence-electron chi connectivity index (χ3n) is 3.48. The van der Waals surface area contributed by atoms with Crippen LogP contribution in [0.2, 0.25) is 0 Å². The van der Waals surface area contributed by atoms with Crippen LogP contribution in [0.4, 0.5) is 0 Å². The topological polar surface area (TPSA) is 126 Å². The number of nitrogens with zero attached hydrogens (tertiary/aromatic N) is 2. The summed E-state index contributed by atoms with van der Waals surface area (Å²) in [5, 5.41) is 13.9. The van der Waals surface area contributed by atoms with Crippen LogP contribution in [0.25, 0.3) is 0 Å². The Hall–Kier alpha value is -2.72. The van der Waals surface area contributed by atoms with Crippen molar-refractivity contribution in [2.24, 2.45) is 4.99 Å². The monoisotopic (exact) mass is 379 g/mol. The number of hydrogen-bond acceptors (Lipinski definition) is 6. The van der Waals surface area contributed by atoms with Crippen molar-refractivity contribution in [3.8, 4) is 0 Å². The van der Waals surface area contributed by atoms with Crippen LogP contribution in [0.5, 0.6) is 0 Å². The van der Waals surface area contributed by atoms with Gasteiger partial charge in [-0.1, -0.05) is 31.5 Å². The van der Waals surface area contributed by atoms with Crippen molar-refractivity contribution in [2.75, 3.05) is 6.54 Å². The van der Waals surface area contributed by atoms with Crippen molar-refractivity contribution < 1.29 is 14.5 Å². The largest absolute Gasteiger partial charge is 0.340 e. The summed E-state index contributed by atoms with van der Waals surface area (Å²) in [5.74, 6) is -0.915. The van der Waals surface area contributed by atoms with Crippen LogP contribution in [0.15, 0.2) is 46.6 Å². The highest BCUT2D eigenvalue weighted by Gasteiger charge is 2.47. The lowest BCUT2D eigenvalue weighted by Crippen LogP contribution is -2.47. The molecule has 0 radical (unpaired) electrons. The van der Waals surface area contributed by atoms with Gasteiger partial charge in [0, 0.05) is 29.4 Å². The summed E-state index contributed by atoms with van der Waals surface area (Å²) in [7, 11) is -2.79. The minimum absolute atomic E-state index is 0.0457. The summed E-state index contributed by atoms with van der Waals surface area (Å²) in [5.41, 5.74) is 0.384. The Morgan fingerprint density at radius 1 is 1.27 bits per heavy atom. The van der Waals surface area contributed by atoms with Crippen LogP contribution in [-0.4, -0.2) is 28.5 Å². The maximum Gasteiger partial charge on any atom is 0.340 e. The number of benzene rings is 1. The lowest BCUT2D eigenvalue weighted by Gasteiger charge is -2.35. The Kier molecular flexibility index (Phi) is 6.47. The molecule has 9 nitrogen and oxygen atoms in total. The van der Waals surface area contributed by atoms with Crippen LogP contribution >= 0.6 is 10.4 Å². The molecule has 26 heavy (non-hydrogen) atoms. The summed E-state index contributed by atoms with van der Waals surface area (Å²) in [4.78, 5) is 39.2. The van der Waals surface area contributed by atoms with Crippen molar-refractivity contribution in [1.82, 2.24) is 14.8 Å². The molecule has 0 aliphatic carbocycles. The maximum absolute atomic E-state index is 12.5. The summed E-state index contributed by atoms with van der Waals surface area (Å²) < 4.78 is 5.69. The molecule has 1 aliphatic heterocycles. The van der Waals surface area contributed by atoms with Crippen LogP contribution in [0.3, 0.4) is 0 Å². The van der Waals surface area contributed by atoms with Gasteiger partial charge in [0.25, 0.3) is 5.91 Å². The zero-order chi connectivity index (χ0) is 19.2. The molecule has 0 saturated heterocycles. The van der Waals surface area contributed by atoms with Gasteiger partial charge in [-0.25, -0.2) is 4.99 Å². The molecule has 1 unspecified atom stereocenters. The fraction of sp³-hybridized carbons (Fsp3) is 0.312. The number of nitro groups is 1. The number of nitrogens with one attached hydrogen (secondary N) is 3. The van der Waals surface area contributed by atoms with Crippen LogP contribution in [0, 0.1) is 10.1 Å². The van der Waals surface area contributed by atoms with Crippen LogP contribution < -0.4 is 14.8 Å². The standard InChI is InChI=1S/C16H21N5O4S/c1-3-4-10-18-26(20-12(2)22)14(21(24)25)11-17-16(26)19-15(23)13-8-6-5-7-9-13/h5-9,11,18H,3-4,10H2,1-2H3,(H,20,22)(H,17,19,23). The fourth-order valence-electron chi connectivity index (χ4n) is 2.29. The van der Waals surface area contributed by atoms with E-state index in [1.54, 1.807) is 30.3 Å². The van der Waals surface area contributed by atoms with Crippen LogP contribution in [0.1, 0.15) is 37.0 Å². The molecule has 1 aliphatic rings. The SMILES string of the molecule is CCCCNS1(NC(C)=O)C([N+](=O)[O-])=CN=C1NC(=O)c1ccccc1. The van der Waals surface area contributed by atoms with Crippen molar-refractivity contribution >= 4 is 27.4 Å². The second-order valence-electron chi connectivity index (χ2n) is 5.50. The number of aliphatic imine (C=N–C) groups is 1. The smallest absolute Gasteiger partial charge is 0.300 e. The second kappa shape index (κ2) is 8.59. The van der Waals surface area contributed by atoms with Crippen molar-refractivity contribution in [3.05, 3.63) is 57.2 Å². The van der Waals surface area contributed by atoms with Gasteiger partial charge in [0.15, 0.2) is 5.17 Å². The summed E-state index contributed by atoms with van der Waals surface area (Å²) in [6.45, 7) is 3.67. The molecule has 140 valence electrons. The van der Waals surface area contributed by atoms with E-state index >= 15 is 0 Å². The molecule has 1 heterocycles. The molecule has 1 aromatic rings. The number of amides is 2. The number of rotatable bonds is 7. The summed E-state index contributed by atoms with van der Waals surface area (Å²) >= 11 is 0. The van der Waals surface area contributed by atoms with Gasteiger partial charge in [0.1, 0.15) is 6.20 Å². The molecule has 2 rings (SSSR count). The van der Waals surface area contributed by atoms with Crippen LogP contribution in [-0.2, 0) is 4.79 Å². The van der Waals surface area contributed by atoms with Gasteiger partial charge in [0.05, 0.1) is 4.92 Å². The molecule has 0 aromatic heterocycles. The molecular formula is C16H21N5O4S. The highest BCUT2D eigenvalue weighted by atomic mass is 32.3. The predicted molar refractivity (Wildman–Crippen MR) is 101 cm³/mol. The van der Waals surface area contributed by atoms with E-state index in [1.165, 1.54) is 6.92 Å². The number of amidine groups is 1. The van der Waals surface area contributed by atoms with E-state index in [-0.39, 0.29) is 10.2 Å². The minimum atomic E-state index is -2.79. The number of carbonyl (C=O) groups is 2. The second-order valence-corrected chi connectivity index (χ2v) is 8.02. The molecular weight excluding hydrogens is 358 g/mol. The van der Waals surface area contributed by atoms with E-state index in [2.05, 4.69) is 19.8 Å². The first-order valence-corrected chi connectivity index (χ1v) is 9.69. The highest BCUT2D eigenvalue weighted by Crippen LogP contribution is 2.52. The number of unbranched alkanes of at least 4 members (excludes halogenated alkanes) is 1. The normalized spacial score (nSPS) is 21.2. The maximum atomic E-state index is 12.5. The quantitative estimate of drug-likeness (QED) is 0.380. The molecule has 1 atom stereocenters. The first-order chi connectivity index (χ1) is 12.4. The minimum Gasteiger partial charge on any atom is -0.300 e. The Bertz CT molecular complexity index is 765. The van der Waals surface area contributed by atoms with Gasteiger partial charge in [-0.05, 0) is 18.6 Å². The third-order valence-corrected chi connectivity index (χ3v) is 6.38. The van der Waals surface area contributed by atoms with Crippen molar-refractivity contribution in [2.45, 2.75) is 26.7 Å². The molecule has 0 spiro atoms. The van der Waals surface area contributed by atoms with Gasteiger partial charge in [-0.3, -0.25) is 34.5 Å². The Labute approximate surface area is 152 Å². The number of carbonyl (C=O) groups excluding carboxylic acids is 2. The first kappa shape index (κ1) is 19.6. The van der Waals surface area contributed by atoms with E-state index in [1.807, 2.05) is 6.92 Å². The first-order valence-electron chi connectivity index (χ1n) is 8.06. The molecule has 0 bridgehead atoms. The van der Waals surface area contributed by atoms with Gasteiger partial charge < -0.3 is 0 Å². The average Bonchev–Trinajstić information content (AvgIpc) is 2.93. The zero-order valence-electron chi connectivity index (χ0n) is 14.5. The van der Waals surface area contributed by atoms with Gasteiger partial charge in [-0.15, -0.1) is 0 Å². The number of hydrogen-bond donors (Lipinski definition) is 3. The summed E-state index contributed by atoms with van der Waals surface area (Å²) in [6, 6.07) is 8.42. The summed E-state index contributed by atoms with van der Waals surface area (Å²) in [6.07, 6.45) is 2.69. The van der Waals surface area contributed by atoms with Crippen molar-refractivity contribution in [1.29, 1.82) is 0 Å². The third kappa shape index (κ3) is 4.27. The van der Waals surface area contributed by atoms with E-state index in [0.29, 0.717) is 12.1 Å². The van der Waals surface area contributed by atoms with Crippen molar-refractivity contribution in [3.63, 3.8) is 0 Å². The molecule has 3 N–H and O–H groups in total. The lowest BCUT2D eigenvalue weighted by atomic mass is 10.2. The molecule has 1 aromatic carbocycles. The van der Waals surface area contributed by atoms with Gasteiger partial charge in [-0.2, -0.15) is 0 Å². The molecule has 0 fully saturated rings. The Morgan fingerprint density at radius 2 is 1.96 bits per heavy atom. The zero-order valence-corrected chi connectivity index (χ0v) is 15.3. The fourth-order valence-corrected chi connectivity index (χ4v) is 4.82. The van der Waals surface area contributed by atoms with E-state index in [9.17, 15) is 19.7 Å². The van der Waals surface area contributed by atoms with Gasteiger partial charge >= 0.3 is 5.03 Å². The Morgan fingerprint density at radius 3 is 2.54 bits per heavy atom. The van der Waals surface area contributed by atoms with Gasteiger partial charge in [0.2, 0.25) is 5.91 Å². The molecule has 10 heteroatoms. The van der Waals surface area contributed by atoms with E-state index in [4.69, 9.17) is 0 Å². The molecule has 0 saturated carbocycles. The van der Waals surface area contributed by atoms with E-state index < -0.39 is 27.1 Å². The average molecular weight is 379 g/mol. The molecule has 2 amide bonds. The predicted octanol–water partition coefficient (Wildman–Crippen LogP) is 2.02. The Balaban J connectivity index is 2.34. The van der Waals surface area contributed by atoms with E-state index in [0.717, 1.165) is 19.0 Å². The lowest BCUT2D eigenvalue weighted by molar-refractivity contribution is -0.411.